The summed E-state index contributed by atoms with van der Waals surface area (Å²) in [6.45, 7) is 0. The molecular formula is C28H17N4O2+3. The van der Waals surface area contributed by atoms with Crippen LogP contribution in [0, 0.1) is 0 Å². The SMILES string of the molecule is c1cc[n+]2c(c1)Oc1cccc3[n+]1C21c2c(ccc4c5ccccc5n(c24)-c2cccc[n+]21)O3. The fourth-order valence-corrected chi connectivity index (χ4v) is 6.18. The van der Waals surface area contributed by atoms with Gasteiger partial charge < -0.3 is 9.47 Å². The third-order valence-corrected chi connectivity index (χ3v) is 7.35. The third kappa shape index (κ3) is 1.64. The van der Waals surface area contributed by atoms with Crippen molar-refractivity contribution in [3.63, 3.8) is 0 Å². The maximum Gasteiger partial charge on any atom is 0.556 e. The molecule has 6 heteroatoms. The van der Waals surface area contributed by atoms with Crippen molar-refractivity contribution in [3.8, 4) is 29.2 Å². The Kier molecular flexibility index (Phi) is 2.69. The minimum Gasteiger partial charge on any atom is -0.403 e. The number of hydrogen-bond acceptors (Lipinski definition) is 2. The van der Waals surface area contributed by atoms with Gasteiger partial charge in [-0.3, -0.25) is 0 Å². The van der Waals surface area contributed by atoms with E-state index in [9.17, 15) is 0 Å². The molecule has 3 aliphatic rings. The van der Waals surface area contributed by atoms with Crippen LogP contribution in [-0.4, -0.2) is 4.57 Å². The van der Waals surface area contributed by atoms with Crippen LogP contribution in [0.25, 0.3) is 27.6 Å². The van der Waals surface area contributed by atoms with Gasteiger partial charge in [-0.25, -0.2) is 0 Å². The Balaban J connectivity index is 1.64. The average molecular weight is 441 g/mol. The van der Waals surface area contributed by atoms with Crippen LogP contribution in [0.4, 0.5) is 0 Å². The van der Waals surface area contributed by atoms with Crippen molar-refractivity contribution >= 4 is 21.8 Å². The summed E-state index contributed by atoms with van der Waals surface area (Å²) < 4.78 is 22.0. The number of para-hydroxylation sites is 1. The molecule has 9 rings (SSSR count). The Morgan fingerprint density at radius 1 is 0.618 bits per heavy atom. The van der Waals surface area contributed by atoms with E-state index in [0.717, 1.165) is 40.3 Å². The zero-order valence-electron chi connectivity index (χ0n) is 17.9. The largest absolute Gasteiger partial charge is 0.556 e. The Hall–Kier alpha value is -4.71. The van der Waals surface area contributed by atoms with E-state index >= 15 is 0 Å². The van der Waals surface area contributed by atoms with E-state index in [1.165, 1.54) is 16.3 Å². The predicted octanol–water partition coefficient (Wildman–Crippen LogP) is 3.93. The molecule has 1 atom stereocenters. The number of nitrogens with zero attached hydrogens (tertiary/aromatic N) is 4. The molecule has 1 unspecified atom stereocenters. The molecule has 0 saturated carbocycles. The van der Waals surface area contributed by atoms with Gasteiger partial charge in [0.05, 0.1) is 18.2 Å². The maximum atomic E-state index is 6.56. The van der Waals surface area contributed by atoms with Crippen molar-refractivity contribution in [1.29, 1.82) is 0 Å². The lowest BCUT2D eigenvalue weighted by molar-refractivity contribution is -1.17. The molecule has 4 aromatic heterocycles. The van der Waals surface area contributed by atoms with Crippen LogP contribution in [0.15, 0.2) is 103 Å². The van der Waals surface area contributed by atoms with E-state index in [-0.39, 0.29) is 0 Å². The van der Waals surface area contributed by atoms with Gasteiger partial charge in [0.2, 0.25) is 5.56 Å². The number of benzene rings is 2. The highest BCUT2D eigenvalue weighted by Crippen LogP contribution is 2.48. The zero-order chi connectivity index (χ0) is 22.0. The van der Waals surface area contributed by atoms with Crippen LogP contribution in [0.1, 0.15) is 5.56 Å². The summed E-state index contributed by atoms with van der Waals surface area (Å²) >= 11 is 0. The lowest BCUT2D eigenvalue weighted by Gasteiger charge is -2.33. The van der Waals surface area contributed by atoms with E-state index < -0.39 is 5.79 Å². The van der Waals surface area contributed by atoms with Crippen LogP contribution in [0.5, 0.6) is 23.4 Å². The third-order valence-electron chi connectivity index (χ3n) is 7.35. The molecule has 0 radical (unpaired) electrons. The van der Waals surface area contributed by atoms with Crippen LogP contribution in [0.2, 0.25) is 0 Å². The van der Waals surface area contributed by atoms with Gasteiger partial charge in [-0.05, 0) is 47.0 Å². The molecule has 0 amide bonds. The summed E-state index contributed by atoms with van der Waals surface area (Å²) in [6, 6.07) is 31.4. The zero-order valence-corrected chi connectivity index (χ0v) is 17.9. The summed E-state index contributed by atoms with van der Waals surface area (Å²) in [7, 11) is 0. The molecule has 6 aromatic rings. The van der Waals surface area contributed by atoms with Gasteiger partial charge in [0.15, 0.2) is 17.5 Å². The number of hydrogen-bond donors (Lipinski definition) is 0. The van der Waals surface area contributed by atoms with E-state index in [1.54, 1.807) is 0 Å². The second-order valence-corrected chi connectivity index (χ2v) is 8.90. The van der Waals surface area contributed by atoms with Gasteiger partial charge >= 0.3 is 23.4 Å². The number of pyridine rings is 3. The number of rotatable bonds is 0. The number of ether oxygens (including phenoxy) is 2. The van der Waals surface area contributed by atoms with Crippen LogP contribution in [0.3, 0.4) is 0 Å². The fourth-order valence-electron chi connectivity index (χ4n) is 6.18. The highest BCUT2D eigenvalue weighted by atomic mass is 16.5. The van der Waals surface area contributed by atoms with E-state index in [4.69, 9.17) is 9.47 Å². The topological polar surface area (TPSA) is 35.0 Å². The minimum absolute atomic E-state index is 0.734. The van der Waals surface area contributed by atoms with Crippen LogP contribution < -0.4 is 23.2 Å². The van der Waals surface area contributed by atoms with Gasteiger partial charge in [-0.2, -0.15) is 4.57 Å². The van der Waals surface area contributed by atoms with Gasteiger partial charge in [0.25, 0.3) is 5.82 Å². The van der Waals surface area contributed by atoms with Gasteiger partial charge in [0.1, 0.15) is 11.7 Å². The lowest BCUT2D eigenvalue weighted by atomic mass is 9.96. The summed E-state index contributed by atoms with van der Waals surface area (Å²) in [6.07, 6.45) is 4.25. The maximum absolute atomic E-state index is 6.56. The van der Waals surface area contributed by atoms with Gasteiger partial charge in [0, 0.05) is 22.9 Å². The molecule has 0 aliphatic carbocycles. The van der Waals surface area contributed by atoms with Crippen molar-refractivity contribution in [2.75, 3.05) is 0 Å². The summed E-state index contributed by atoms with van der Waals surface area (Å²) in [5.41, 5.74) is 3.42. The number of fused-ring (bicyclic) bond motifs is 6. The van der Waals surface area contributed by atoms with Gasteiger partial charge in [-0.15, -0.1) is 4.57 Å². The Bertz CT molecular complexity index is 1880. The Morgan fingerprint density at radius 2 is 1.38 bits per heavy atom. The molecule has 1 spiro atoms. The second-order valence-electron chi connectivity index (χ2n) is 8.90. The normalized spacial score (nSPS) is 18.0. The molecule has 0 bridgehead atoms. The van der Waals surface area contributed by atoms with Crippen LogP contribution in [-0.2, 0) is 5.79 Å². The fraction of sp³-hybridized carbons (Fsp3) is 0.0357. The average Bonchev–Trinajstić information content (AvgIpc) is 3.23. The first kappa shape index (κ1) is 16.9. The smallest absolute Gasteiger partial charge is 0.403 e. The molecule has 158 valence electrons. The summed E-state index contributed by atoms with van der Waals surface area (Å²) in [5.74, 6) is 3.40. The highest BCUT2D eigenvalue weighted by Gasteiger charge is 2.73. The lowest BCUT2D eigenvalue weighted by Crippen LogP contribution is -2.90. The monoisotopic (exact) mass is 441 g/mol. The van der Waals surface area contributed by atoms with Crippen molar-refractivity contribution in [2.45, 2.75) is 5.79 Å². The molecule has 0 fully saturated rings. The molecule has 2 aromatic carbocycles. The number of aromatic nitrogens is 4. The minimum atomic E-state index is -0.769. The first-order valence-electron chi connectivity index (χ1n) is 11.4. The predicted molar refractivity (Wildman–Crippen MR) is 122 cm³/mol. The van der Waals surface area contributed by atoms with Crippen molar-refractivity contribution in [1.82, 2.24) is 4.57 Å². The van der Waals surface area contributed by atoms with E-state index in [2.05, 4.69) is 91.3 Å². The Labute approximate surface area is 193 Å². The quantitative estimate of drug-likeness (QED) is 0.334. The molecule has 3 aliphatic heterocycles. The first-order chi connectivity index (χ1) is 16.9. The molecule has 0 saturated heterocycles. The molecule has 6 nitrogen and oxygen atoms in total. The van der Waals surface area contributed by atoms with E-state index in [1.807, 2.05) is 30.3 Å². The summed E-state index contributed by atoms with van der Waals surface area (Å²) in [5, 5.41) is 2.43. The first-order valence-corrected chi connectivity index (χ1v) is 11.4. The van der Waals surface area contributed by atoms with E-state index in [0.29, 0.717) is 0 Å². The van der Waals surface area contributed by atoms with Gasteiger partial charge in [-0.1, -0.05) is 22.8 Å². The summed E-state index contributed by atoms with van der Waals surface area (Å²) in [4.78, 5) is 0. The molecule has 0 N–H and O–H groups in total. The standard InChI is InChI=1S/C28H17N4O2/c1-2-9-20-18(8-1)19-14-15-21-26-27(19)31(20)22-10-3-5-16-29(22)28(26)30-17-6-4-11-23(30)34-25-13-7-12-24(33-21)32(25)28/h1-17H/q+3. The molecule has 34 heavy (non-hydrogen) atoms. The molecule has 7 heterocycles. The second kappa shape index (κ2) is 5.43. The highest BCUT2D eigenvalue weighted by molar-refractivity contribution is 6.11. The van der Waals surface area contributed by atoms with Crippen LogP contribution >= 0.6 is 0 Å². The Morgan fingerprint density at radius 3 is 2.32 bits per heavy atom. The molecular weight excluding hydrogens is 424 g/mol. The van der Waals surface area contributed by atoms with Crippen molar-refractivity contribution in [2.24, 2.45) is 0 Å². The van der Waals surface area contributed by atoms with Crippen molar-refractivity contribution in [3.05, 3.63) is 109 Å². The van der Waals surface area contributed by atoms with Crippen molar-refractivity contribution < 1.29 is 23.2 Å².